The van der Waals surface area contributed by atoms with Crippen LogP contribution in [0.25, 0.3) is 0 Å². The first kappa shape index (κ1) is 35.5. The maximum absolute atomic E-state index is 14.2. The van der Waals surface area contributed by atoms with E-state index < -0.39 is 0 Å². The molecule has 0 aliphatic rings. The Morgan fingerprint density at radius 2 is 0.780 bits per heavy atom. The fourth-order valence-electron chi connectivity index (χ4n) is 5.54. The van der Waals surface area contributed by atoms with Crippen molar-refractivity contribution in [3.63, 3.8) is 0 Å². The third-order valence-corrected chi connectivity index (χ3v) is 8.48. The van der Waals surface area contributed by atoms with Gasteiger partial charge in [0.1, 0.15) is 22.9 Å². The molecule has 0 atom stereocenters. The lowest BCUT2D eigenvalue weighted by Crippen LogP contribution is -2.33. The van der Waals surface area contributed by atoms with E-state index >= 15 is 0 Å². The highest BCUT2D eigenvalue weighted by molar-refractivity contribution is 5.96. The third-order valence-electron chi connectivity index (χ3n) is 8.48. The summed E-state index contributed by atoms with van der Waals surface area (Å²) < 4.78 is 10.7. The second-order valence-corrected chi connectivity index (χ2v) is 12.5. The number of methoxy groups -OCH3 is 2. The molecule has 9 nitrogen and oxygen atoms in total. The average molecular weight is 672 g/mol. The van der Waals surface area contributed by atoms with E-state index in [-0.39, 0.29) is 23.2 Å². The van der Waals surface area contributed by atoms with Gasteiger partial charge in [0.25, 0.3) is 11.8 Å². The van der Waals surface area contributed by atoms with Crippen molar-refractivity contribution >= 4 is 23.2 Å². The number of hydrogen-bond donors (Lipinski definition) is 0. The Bertz CT molecular complexity index is 1720. The number of benzene rings is 4. The van der Waals surface area contributed by atoms with Gasteiger partial charge in [0, 0.05) is 65.7 Å². The molecule has 0 saturated heterocycles. The van der Waals surface area contributed by atoms with Gasteiger partial charge in [0.15, 0.2) is 0 Å². The topological polar surface area (TPSA) is 78.5 Å². The fraction of sp³-hybridized carbons (Fsp3) is 0.244. The molecule has 5 rings (SSSR count). The lowest BCUT2D eigenvalue weighted by atomic mass is 10.1. The van der Waals surface area contributed by atoms with E-state index in [1.54, 1.807) is 42.2 Å². The molecule has 0 saturated carbocycles. The monoisotopic (exact) mass is 671 g/mol. The summed E-state index contributed by atoms with van der Waals surface area (Å²) in [6, 6.07) is 36.6. The van der Waals surface area contributed by atoms with Crippen LogP contribution in [-0.2, 0) is 26.2 Å². The number of ether oxygens (including phenoxy) is 2. The van der Waals surface area contributed by atoms with Crippen molar-refractivity contribution < 1.29 is 19.1 Å². The minimum absolute atomic E-state index is 0.203. The van der Waals surface area contributed by atoms with Crippen LogP contribution in [0.15, 0.2) is 115 Å². The van der Waals surface area contributed by atoms with Crippen molar-refractivity contribution in [3.8, 4) is 11.5 Å². The highest BCUT2D eigenvalue weighted by atomic mass is 16.5. The zero-order valence-corrected chi connectivity index (χ0v) is 29.7. The number of pyridine rings is 1. The normalized spacial score (nSPS) is 10.7. The van der Waals surface area contributed by atoms with Crippen molar-refractivity contribution in [1.29, 1.82) is 0 Å². The Labute approximate surface area is 295 Å². The van der Waals surface area contributed by atoms with Crippen LogP contribution in [0.3, 0.4) is 0 Å². The summed E-state index contributed by atoms with van der Waals surface area (Å²) in [7, 11) is 11.2. The van der Waals surface area contributed by atoms with Crippen LogP contribution >= 0.6 is 0 Å². The molecule has 0 aliphatic carbocycles. The van der Waals surface area contributed by atoms with E-state index in [1.165, 1.54) is 0 Å². The molecule has 5 aromatic rings. The van der Waals surface area contributed by atoms with Gasteiger partial charge >= 0.3 is 0 Å². The zero-order chi connectivity index (χ0) is 35.6. The number of anilines is 2. The summed E-state index contributed by atoms with van der Waals surface area (Å²) in [5.41, 5.74) is 6.41. The SMILES string of the molecule is COc1ccc(CN(Cc2ccc(N(C)C)cc2)C(=O)c2cccc(C(=O)N(Cc3ccc(OC)cc3)Cc3ccc(N(C)C)cc3)n2)cc1. The van der Waals surface area contributed by atoms with Gasteiger partial charge in [-0.2, -0.15) is 0 Å². The van der Waals surface area contributed by atoms with Gasteiger partial charge < -0.3 is 29.1 Å². The second-order valence-electron chi connectivity index (χ2n) is 12.5. The molecular weight excluding hydrogens is 626 g/mol. The molecule has 4 aromatic carbocycles. The summed E-state index contributed by atoms with van der Waals surface area (Å²) in [4.78, 5) is 40.7. The highest BCUT2D eigenvalue weighted by Gasteiger charge is 2.23. The molecule has 0 radical (unpaired) electrons. The summed E-state index contributed by atoms with van der Waals surface area (Å²) >= 11 is 0. The number of nitrogens with zero attached hydrogens (tertiary/aromatic N) is 5. The predicted octanol–water partition coefficient (Wildman–Crippen LogP) is 6.92. The molecule has 0 fully saturated rings. The molecule has 50 heavy (non-hydrogen) atoms. The second kappa shape index (κ2) is 16.5. The van der Waals surface area contributed by atoms with E-state index in [9.17, 15) is 9.59 Å². The van der Waals surface area contributed by atoms with Crippen LogP contribution in [0.4, 0.5) is 11.4 Å². The number of hydrogen-bond acceptors (Lipinski definition) is 7. The van der Waals surface area contributed by atoms with E-state index in [2.05, 4.69) is 4.98 Å². The number of carbonyl (C=O) groups is 2. The van der Waals surface area contributed by atoms with Crippen molar-refractivity contribution in [2.24, 2.45) is 0 Å². The Hall–Kier alpha value is -5.83. The van der Waals surface area contributed by atoms with Crippen molar-refractivity contribution in [2.75, 3.05) is 52.2 Å². The molecule has 0 N–H and O–H groups in total. The molecule has 0 bridgehead atoms. The first-order valence-corrected chi connectivity index (χ1v) is 16.5. The van der Waals surface area contributed by atoms with Gasteiger partial charge in [-0.05, 0) is 82.9 Å². The first-order valence-electron chi connectivity index (χ1n) is 16.5. The maximum atomic E-state index is 14.2. The van der Waals surface area contributed by atoms with Gasteiger partial charge in [-0.25, -0.2) is 4.98 Å². The average Bonchev–Trinajstić information content (AvgIpc) is 3.14. The molecule has 1 heterocycles. The quantitative estimate of drug-likeness (QED) is 0.127. The molecule has 258 valence electrons. The van der Waals surface area contributed by atoms with E-state index in [4.69, 9.17) is 9.47 Å². The van der Waals surface area contributed by atoms with Crippen LogP contribution in [0, 0.1) is 0 Å². The smallest absolute Gasteiger partial charge is 0.273 e. The van der Waals surface area contributed by atoms with E-state index in [1.807, 2.05) is 135 Å². The van der Waals surface area contributed by atoms with Crippen molar-refractivity contribution in [3.05, 3.63) is 149 Å². The fourth-order valence-corrected chi connectivity index (χ4v) is 5.54. The lowest BCUT2D eigenvalue weighted by Gasteiger charge is -2.25. The molecule has 0 spiro atoms. The van der Waals surface area contributed by atoms with Crippen LogP contribution in [0.2, 0.25) is 0 Å². The Kier molecular flexibility index (Phi) is 11.7. The lowest BCUT2D eigenvalue weighted by molar-refractivity contribution is 0.0715. The van der Waals surface area contributed by atoms with Crippen molar-refractivity contribution in [1.82, 2.24) is 14.8 Å². The van der Waals surface area contributed by atoms with E-state index in [0.717, 1.165) is 45.1 Å². The van der Waals surface area contributed by atoms with Crippen molar-refractivity contribution in [2.45, 2.75) is 26.2 Å². The van der Waals surface area contributed by atoms with Crippen LogP contribution in [0.1, 0.15) is 43.2 Å². The highest BCUT2D eigenvalue weighted by Crippen LogP contribution is 2.21. The number of carbonyl (C=O) groups excluding carboxylic acids is 2. The summed E-state index contributed by atoms with van der Waals surface area (Å²) in [6.07, 6.45) is 0. The molecule has 0 aliphatic heterocycles. The third kappa shape index (κ3) is 9.19. The van der Waals surface area contributed by atoms with Gasteiger partial charge in [-0.1, -0.05) is 54.6 Å². The number of amides is 2. The Morgan fingerprint density at radius 1 is 0.480 bits per heavy atom. The minimum Gasteiger partial charge on any atom is -0.497 e. The van der Waals surface area contributed by atoms with E-state index in [0.29, 0.717) is 26.2 Å². The number of aromatic nitrogens is 1. The van der Waals surface area contributed by atoms with Crippen LogP contribution in [-0.4, -0.2) is 69.0 Å². The molecule has 1 aromatic heterocycles. The van der Waals surface area contributed by atoms with Gasteiger partial charge in [0.05, 0.1) is 14.2 Å². The van der Waals surface area contributed by atoms with Gasteiger partial charge in [-0.15, -0.1) is 0 Å². The zero-order valence-electron chi connectivity index (χ0n) is 29.7. The molecule has 2 amide bonds. The largest absolute Gasteiger partial charge is 0.497 e. The Morgan fingerprint density at radius 3 is 1.06 bits per heavy atom. The summed E-state index contributed by atoms with van der Waals surface area (Å²) in [5, 5.41) is 0. The van der Waals surface area contributed by atoms with Crippen LogP contribution in [0.5, 0.6) is 11.5 Å². The minimum atomic E-state index is -0.270. The molecule has 9 heteroatoms. The Balaban J connectivity index is 1.43. The van der Waals surface area contributed by atoms with Gasteiger partial charge in [0.2, 0.25) is 0 Å². The standard InChI is InChI=1S/C41H45N5O4/c1-43(2)34-18-10-30(11-19-34)26-45(28-32-14-22-36(49-5)23-15-32)40(47)38-8-7-9-39(42-38)41(48)46(29-33-16-24-37(50-6)25-17-33)27-31-12-20-35(21-13-31)44(3)4/h7-25H,26-29H2,1-6H3. The summed E-state index contributed by atoms with van der Waals surface area (Å²) in [6.45, 7) is 1.44. The first-order chi connectivity index (χ1) is 24.1. The predicted molar refractivity (Wildman–Crippen MR) is 199 cm³/mol. The van der Waals surface area contributed by atoms with Gasteiger partial charge in [-0.3, -0.25) is 9.59 Å². The van der Waals surface area contributed by atoms with Crippen LogP contribution < -0.4 is 19.3 Å². The summed E-state index contributed by atoms with van der Waals surface area (Å²) in [5.74, 6) is 0.944. The molecular formula is C41H45N5O4. The molecule has 0 unspecified atom stereocenters. The maximum Gasteiger partial charge on any atom is 0.273 e. The number of rotatable bonds is 14.